The zero-order valence-electron chi connectivity index (χ0n) is 13.3. The highest BCUT2D eigenvalue weighted by Crippen LogP contribution is 2.33. The minimum Gasteiger partial charge on any atom is -0.323 e. The molecule has 140 valence electrons. The van der Waals surface area contributed by atoms with Crippen molar-refractivity contribution in [3.8, 4) is 0 Å². The van der Waals surface area contributed by atoms with Crippen LogP contribution in [0.5, 0.6) is 0 Å². The zero-order chi connectivity index (χ0) is 19.8. The summed E-state index contributed by atoms with van der Waals surface area (Å²) in [6.45, 7) is -0.457. The van der Waals surface area contributed by atoms with Crippen LogP contribution >= 0.6 is 23.2 Å². The van der Waals surface area contributed by atoms with Crippen molar-refractivity contribution in [1.82, 2.24) is 9.55 Å². The average Bonchev–Trinajstić information content (AvgIpc) is 2.59. The van der Waals surface area contributed by atoms with Gasteiger partial charge >= 0.3 is 6.18 Å². The van der Waals surface area contributed by atoms with Crippen molar-refractivity contribution >= 4 is 45.7 Å². The van der Waals surface area contributed by atoms with Crippen LogP contribution in [0.2, 0.25) is 10.0 Å². The van der Waals surface area contributed by atoms with Crippen molar-refractivity contribution in [1.29, 1.82) is 0 Å². The van der Waals surface area contributed by atoms with Crippen molar-refractivity contribution in [2.75, 3.05) is 5.32 Å². The summed E-state index contributed by atoms with van der Waals surface area (Å²) in [5.41, 5.74) is -1.27. The molecule has 0 aliphatic heterocycles. The van der Waals surface area contributed by atoms with Gasteiger partial charge in [0.2, 0.25) is 5.91 Å². The van der Waals surface area contributed by atoms with Gasteiger partial charge in [-0.3, -0.25) is 14.2 Å². The van der Waals surface area contributed by atoms with Crippen molar-refractivity contribution in [2.45, 2.75) is 12.7 Å². The molecule has 1 N–H and O–H groups in total. The number of amides is 1. The Labute approximate surface area is 160 Å². The summed E-state index contributed by atoms with van der Waals surface area (Å²) in [4.78, 5) is 28.7. The maximum atomic E-state index is 12.8. The molecule has 2 aromatic carbocycles. The fourth-order valence-electron chi connectivity index (χ4n) is 2.39. The van der Waals surface area contributed by atoms with Crippen molar-refractivity contribution in [2.24, 2.45) is 0 Å². The maximum absolute atomic E-state index is 12.8. The summed E-state index contributed by atoms with van der Waals surface area (Å²) in [5.74, 6) is -0.735. The van der Waals surface area contributed by atoms with Gasteiger partial charge in [0.1, 0.15) is 6.54 Å². The number of anilines is 1. The third kappa shape index (κ3) is 4.23. The minimum atomic E-state index is -4.58. The lowest BCUT2D eigenvalue weighted by Crippen LogP contribution is -2.28. The topological polar surface area (TPSA) is 64.0 Å². The van der Waals surface area contributed by atoms with E-state index < -0.39 is 29.8 Å². The predicted molar refractivity (Wildman–Crippen MR) is 96.1 cm³/mol. The first-order valence-corrected chi connectivity index (χ1v) is 8.22. The summed E-state index contributed by atoms with van der Waals surface area (Å²) in [7, 11) is 0. The standard InChI is InChI=1S/C17H10Cl2F3N3O2/c18-10-2-4-13-11(6-10)16(27)25(8-23-13)7-15(26)24-14-5-9(17(20,21)22)1-3-12(14)19/h1-6,8H,7H2,(H,24,26). The molecular weight excluding hydrogens is 406 g/mol. The first-order valence-electron chi connectivity index (χ1n) is 7.46. The van der Waals surface area contributed by atoms with E-state index in [2.05, 4.69) is 10.3 Å². The Balaban J connectivity index is 1.86. The molecule has 5 nitrogen and oxygen atoms in total. The first-order chi connectivity index (χ1) is 12.6. The van der Waals surface area contributed by atoms with E-state index in [9.17, 15) is 22.8 Å². The highest BCUT2D eigenvalue weighted by molar-refractivity contribution is 6.33. The summed E-state index contributed by atoms with van der Waals surface area (Å²) in [5, 5.41) is 2.76. The Morgan fingerprint density at radius 2 is 1.89 bits per heavy atom. The molecule has 0 aliphatic carbocycles. The van der Waals surface area contributed by atoms with Gasteiger partial charge in [-0.25, -0.2) is 4.98 Å². The van der Waals surface area contributed by atoms with Gasteiger partial charge in [-0.1, -0.05) is 23.2 Å². The molecule has 0 radical (unpaired) electrons. The molecule has 0 bridgehead atoms. The second-order valence-corrected chi connectivity index (χ2v) is 6.42. The zero-order valence-corrected chi connectivity index (χ0v) is 14.9. The number of aromatic nitrogens is 2. The van der Waals surface area contributed by atoms with Crippen LogP contribution in [0.25, 0.3) is 10.9 Å². The molecule has 1 heterocycles. The lowest BCUT2D eigenvalue weighted by molar-refractivity contribution is -0.137. The monoisotopic (exact) mass is 415 g/mol. The number of hydrogen-bond acceptors (Lipinski definition) is 3. The van der Waals surface area contributed by atoms with Gasteiger partial charge in [-0.15, -0.1) is 0 Å². The lowest BCUT2D eigenvalue weighted by atomic mass is 10.2. The predicted octanol–water partition coefficient (Wildman–Crippen LogP) is 4.36. The fourth-order valence-corrected chi connectivity index (χ4v) is 2.72. The molecule has 0 atom stereocenters. The molecule has 0 saturated heterocycles. The molecule has 0 aliphatic rings. The van der Waals surface area contributed by atoms with E-state index in [1.165, 1.54) is 12.4 Å². The normalized spacial score (nSPS) is 11.6. The van der Waals surface area contributed by atoms with E-state index >= 15 is 0 Å². The van der Waals surface area contributed by atoms with Crippen LogP contribution in [-0.4, -0.2) is 15.5 Å². The van der Waals surface area contributed by atoms with Gasteiger partial charge in [0.25, 0.3) is 5.56 Å². The van der Waals surface area contributed by atoms with Crippen LogP contribution in [0.3, 0.4) is 0 Å². The summed E-state index contributed by atoms with van der Waals surface area (Å²) < 4.78 is 39.4. The van der Waals surface area contributed by atoms with Crippen molar-refractivity contribution in [3.05, 3.63) is 68.7 Å². The molecule has 27 heavy (non-hydrogen) atoms. The van der Waals surface area contributed by atoms with Crippen molar-refractivity contribution < 1.29 is 18.0 Å². The van der Waals surface area contributed by atoms with Gasteiger partial charge < -0.3 is 5.32 Å². The number of benzene rings is 2. The fraction of sp³-hybridized carbons (Fsp3) is 0.118. The molecule has 0 fully saturated rings. The summed E-state index contributed by atoms with van der Waals surface area (Å²) in [6.07, 6.45) is -3.41. The second-order valence-electron chi connectivity index (χ2n) is 5.58. The van der Waals surface area contributed by atoms with Gasteiger partial charge in [0, 0.05) is 5.02 Å². The van der Waals surface area contributed by atoms with Crippen LogP contribution in [-0.2, 0) is 17.5 Å². The third-order valence-corrected chi connectivity index (χ3v) is 4.23. The van der Waals surface area contributed by atoms with Crippen molar-refractivity contribution in [3.63, 3.8) is 0 Å². The van der Waals surface area contributed by atoms with Crippen LogP contribution < -0.4 is 10.9 Å². The number of carbonyl (C=O) groups excluding carboxylic acids is 1. The molecule has 10 heteroatoms. The van der Waals surface area contributed by atoms with Crippen LogP contribution in [0, 0.1) is 0 Å². The maximum Gasteiger partial charge on any atom is 0.416 e. The minimum absolute atomic E-state index is 0.0629. The van der Waals surface area contributed by atoms with Gasteiger partial charge in [-0.05, 0) is 36.4 Å². The highest BCUT2D eigenvalue weighted by Gasteiger charge is 2.31. The first kappa shape index (κ1) is 19.2. The van der Waals surface area contributed by atoms with Crippen LogP contribution in [0.15, 0.2) is 47.5 Å². The average molecular weight is 416 g/mol. The number of nitrogens with one attached hydrogen (secondary N) is 1. The Morgan fingerprint density at radius 1 is 1.15 bits per heavy atom. The quantitative estimate of drug-likeness (QED) is 0.690. The number of nitrogens with zero attached hydrogens (tertiary/aromatic N) is 2. The molecule has 0 saturated carbocycles. The molecule has 3 aromatic rings. The second kappa shape index (κ2) is 7.21. The summed E-state index contributed by atoms with van der Waals surface area (Å²) in [6, 6.07) is 7.12. The number of fused-ring (bicyclic) bond motifs is 1. The van der Waals surface area contributed by atoms with E-state index in [0.29, 0.717) is 10.5 Å². The van der Waals surface area contributed by atoms with Crippen LogP contribution in [0.1, 0.15) is 5.56 Å². The van der Waals surface area contributed by atoms with E-state index in [-0.39, 0.29) is 16.1 Å². The van der Waals surface area contributed by atoms with E-state index in [4.69, 9.17) is 23.2 Å². The third-order valence-electron chi connectivity index (χ3n) is 3.67. The van der Waals surface area contributed by atoms with E-state index in [1.54, 1.807) is 12.1 Å². The molecule has 3 rings (SSSR count). The Hall–Kier alpha value is -2.58. The Morgan fingerprint density at radius 3 is 2.59 bits per heavy atom. The number of halogens is 5. The number of rotatable bonds is 3. The SMILES string of the molecule is O=C(Cn1cnc2ccc(Cl)cc2c1=O)Nc1cc(C(F)(F)F)ccc1Cl. The largest absolute Gasteiger partial charge is 0.416 e. The number of hydrogen-bond donors (Lipinski definition) is 1. The van der Waals surface area contributed by atoms with E-state index in [0.717, 1.165) is 22.8 Å². The van der Waals surface area contributed by atoms with Gasteiger partial charge in [-0.2, -0.15) is 13.2 Å². The Bertz CT molecular complexity index is 1100. The molecule has 0 spiro atoms. The lowest BCUT2D eigenvalue weighted by Gasteiger charge is -2.12. The van der Waals surface area contributed by atoms with Gasteiger partial charge in [0.05, 0.1) is 33.5 Å². The number of alkyl halides is 3. The summed E-state index contributed by atoms with van der Waals surface area (Å²) >= 11 is 11.7. The molecule has 1 aromatic heterocycles. The molecule has 1 amide bonds. The Kier molecular flexibility index (Phi) is 5.12. The van der Waals surface area contributed by atoms with E-state index in [1.807, 2.05) is 0 Å². The number of carbonyl (C=O) groups is 1. The van der Waals surface area contributed by atoms with Crippen LogP contribution in [0.4, 0.5) is 18.9 Å². The van der Waals surface area contributed by atoms with Gasteiger partial charge in [0.15, 0.2) is 0 Å². The smallest absolute Gasteiger partial charge is 0.323 e. The molecule has 0 unspecified atom stereocenters. The highest BCUT2D eigenvalue weighted by atomic mass is 35.5. The molecular formula is C17H10Cl2F3N3O2.